The zero-order valence-electron chi connectivity index (χ0n) is 38.1. The van der Waals surface area contributed by atoms with Crippen molar-refractivity contribution in [1.29, 1.82) is 0 Å². The number of carbonyl (C=O) groups is 1. The molecule has 1 aromatic carbocycles. The predicted octanol–water partition coefficient (Wildman–Crippen LogP) is 10.3. The van der Waals surface area contributed by atoms with Crippen LogP contribution in [0.5, 0.6) is 0 Å². The minimum atomic E-state index is -1.26. The van der Waals surface area contributed by atoms with Crippen molar-refractivity contribution in [3.8, 4) is 0 Å². The van der Waals surface area contributed by atoms with Crippen LogP contribution in [0.15, 0.2) is 83.0 Å². The monoisotopic (exact) mass is 892 g/mol. The number of aliphatic hydroxyl groups is 4. The molecule has 0 amide bonds. The molecule has 9 aliphatic rings. The SMILES string of the molecule is CC1(C)CC(n2ccnc2)CSSC(CCc2ccccc2)C2CC(C3CC4CCCC5=C4C(C1=C1CCCCC51)C3O)C1(C)CCC3C(=CC(=O)C4CC(O)C(O)CC43C)C21O. The first-order valence-electron chi connectivity index (χ1n) is 25.0. The summed E-state index contributed by atoms with van der Waals surface area (Å²) in [6, 6.07) is 11.0. The van der Waals surface area contributed by atoms with Crippen molar-refractivity contribution in [3.05, 3.63) is 88.6 Å². The zero-order chi connectivity index (χ0) is 43.6. The molecule has 9 heteroatoms. The van der Waals surface area contributed by atoms with Gasteiger partial charge in [-0.1, -0.05) is 108 Å². The smallest absolute Gasteiger partial charge is 0.159 e. The van der Waals surface area contributed by atoms with E-state index in [0.29, 0.717) is 18.3 Å². The standard InChI is InChI=1S/C54H72N2O5S2/c1-51(2)27-33(56-22-21-55-30-56)29-62-63-46(18-17-31-11-6-5-7-12-31)42-24-39(37-23-32-13-10-16-35-34-14-8-9-15-36(34)49(51)48(47(32)35)50(37)60)53(4)20-19-38-40(54(42,53)61)25-43(57)41-26-44(58)45(59)28-52(38,41)3/h5-7,11-12,21-22,25,30,32-34,37-39,41-42,44-46,48,50,58-61H,8-10,13-20,23-24,26-29H2,1-4H3. The minimum absolute atomic E-state index is 0.0106. The van der Waals surface area contributed by atoms with Crippen LogP contribution in [0, 0.1) is 63.6 Å². The lowest BCUT2D eigenvalue weighted by atomic mass is 9.44. The third kappa shape index (κ3) is 6.63. The number of nitrogens with zero attached hydrogens (tertiary/aromatic N) is 2. The molecule has 0 spiro atoms. The number of fused-ring (bicyclic) bond motifs is 13. The lowest BCUT2D eigenvalue weighted by Crippen LogP contribution is -2.63. The van der Waals surface area contributed by atoms with Gasteiger partial charge < -0.3 is 25.0 Å². The molecule has 16 atom stereocenters. The Balaban J connectivity index is 1.09. The molecular weight excluding hydrogens is 821 g/mol. The summed E-state index contributed by atoms with van der Waals surface area (Å²) >= 11 is 0. The van der Waals surface area contributed by atoms with Crippen LogP contribution in [0.3, 0.4) is 0 Å². The van der Waals surface area contributed by atoms with Crippen LogP contribution in [0.4, 0.5) is 0 Å². The van der Waals surface area contributed by atoms with E-state index in [2.05, 4.69) is 73.8 Å². The molecule has 11 rings (SSSR count). The number of allylic oxidation sites excluding steroid dienone is 3. The van der Waals surface area contributed by atoms with Crippen LogP contribution in [-0.4, -0.2) is 70.7 Å². The van der Waals surface area contributed by atoms with E-state index >= 15 is 0 Å². The fourth-order valence-electron chi connectivity index (χ4n) is 17.1. The van der Waals surface area contributed by atoms with E-state index in [9.17, 15) is 25.2 Å². The molecule has 2 aromatic rings. The largest absolute Gasteiger partial charge is 0.392 e. The fourth-order valence-corrected chi connectivity index (χ4v) is 20.4. The van der Waals surface area contributed by atoms with Crippen LogP contribution in [0.25, 0.3) is 0 Å². The van der Waals surface area contributed by atoms with Crippen LogP contribution < -0.4 is 0 Å². The summed E-state index contributed by atoms with van der Waals surface area (Å²) in [6.07, 6.45) is 21.0. The van der Waals surface area contributed by atoms with Gasteiger partial charge in [0.2, 0.25) is 0 Å². The third-order valence-electron chi connectivity index (χ3n) is 19.9. The van der Waals surface area contributed by atoms with E-state index in [0.717, 1.165) is 62.7 Å². The van der Waals surface area contributed by atoms with Crippen molar-refractivity contribution in [1.82, 2.24) is 9.55 Å². The van der Waals surface area contributed by atoms with Crippen molar-refractivity contribution < 1.29 is 25.2 Å². The number of imidazole rings is 1. The number of aryl methyl sites for hydroxylation is 1. The molecule has 0 radical (unpaired) electrons. The van der Waals surface area contributed by atoms with Crippen molar-refractivity contribution in [2.75, 3.05) is 5.75 Å². The van der Waals surface area contributed by atoms with Crippen molar-refractivity contribution >= 4 is 27.4 Å². The fraction of sp³-hybridized carbons (Fsp3) is 0.704. The Bertz CT molecular complexity index is 2180. The van der Waals surface area contributed by atoms with E-state index in [4.69, 9.17) is 0 Å². The topological polar surface area (TPSA) is 116 Å². The molecule has 8 aliphatic carbocycles. The Morgan fingerprint density at radius 1 is 0.873 bits per heavy atom. The van der Waals surface area contributed by atoms with Gasteiger partial charge in [0.05, 0.1) is 30.2 Å². The summed E-state index contributed by atoms with van der Waals surface area (Å²) in [5.74, 6) is 1.47. The van der Waals surface area contributed by atoms with E-state index in [1.807, 2.05) is 40.2 Å². The Morgan fingerprint density at radius 3 is 2.48 bits per heavy atom. The van der Waals surface area contributed by atoms with Crippen molar-refractivity contribution in [2.24, 2.45) is 63.6 Å². The number of aliphatic hydroxyl groups excluding tert-OH is 3. The number of hydrogen-bond acceptors (Lipinski definition) is 8. The van der Waals surface area contributed by atoms with Crippen LogP contribution in [0.2, 0.25) is 0 Å². The molecule has 6 fully saturated rings. The highest BCUT2D eigenvalue weighted by molar-refractivity contribution is 8.76. The normalized spacial score (nSPS) is 45.6. The molecule has 7 nitrogen and oxygen atoms in total. The highest BCUT2D eigenvalue weighted by Crippen LogP contribution is 2.73. The Kier molecular flexibility index (Phi) is 11.0. The lowest BCUT2D eigenvalue weighted by molar-refractivity contribution is -0.161. The first-order valence-corrected chi connectivity index (χ1v) is 27.4. The van der Waals surface area contributed by atoms with Gasteiger partial charge in [0, 0.05) is 58.5 Å². The molecule has 2 heterocycles. The van der Waals surface area contributed by atoms with Gasteiger partial charge in [-0.3, -0.25) is 4.79 Å². The number of benzene rings is 1. The van der Waals surface area contributed by atoms with Gasteiger partial charge >= 0.3 is 0 Å². The summed E-state index contributed by atoms with van der Waals surface area (Å²) in [6.45, 7) is 9.56. The summed E-state index contributed by atoms with van der Waals surface area (Å²) in [5, 5.41) is 50.4. The van der Waals surface area contributed by atoms with Crippen molar-refractivity contribution in [3.63, 3.8) is 0 Å². The predicted molar refractivity (Wildman–Crippen MR) is 253 cm³/mol. The minimum Gasteiger partial charge on any atom is -0.392 e. The maximum atomic E-state index is 14.6. The molecule has 1 aromatic heterocycles. The van der Waals surface area contributed by atoms with E-state index in [1.165, 1.54) is 44.1 Å². The molecule has 4 bridgehead atoms. The van der Waals surface area contributed by atoms with Crippen LogP contribution >= 0.6 is 21.6 Å². The lowest BCUT2D eigenvalue weighted by Gasteiger charge is -2.62. The van der Waals surface area contributed by atoms with Gasteiger partial charge in [0.15, 0.2) is 5.78 Å². The molecule has 1 aliphatic heterocycles. The molecular formula is C54H72N2O5S2. The van der Waals surface area contributed by atoms with Gasteiger partial charge in [-0.15, -0.1) is 0 Å². The first-order chi connectivity index (χ1) is 30.2. The molecule has 1 saturated heterocycles. The van der Waals surface area contributed by atoms with Crippen molar-refractivity contribution in [2.45, 2.75) is 166 Å². The number of aromatic nitrogens is 2. The van der Waals surface area contributed by atoms with Crippen LogP contribution in [-0.2, 0) is 11.2 Å². The summed E-state index contributed by atoms with van der Waals surface area (Å²) < 4.78 is 2.34. The van der Waals surface area contributed by atoms with Crippen LogP contribution in [0.1, 0.15) is 136 Å². The highest BCUT2D eigenvalue weighted by Gasteiger charge is 2.72. The molecule has 63 heavy (non-hydrogen) atoms. The number of rotatable bonds is 4. The van der Waals surface area contributed by atoms with Gasteiger partial charge in [-0.2, -0.15) is 0 Å². The Morgan fingerprint density at radius 2 is 1.68 bits per heavy atom. The molecule has 4 N–H and O–H groups in total. The molecule has 5 saturated carbocycles. The maximum Gasteiger partial charge on any atom is 0.159 e. The van der Waals surface area contributed by atoms with Gasteiger partial charge in [-0.05, 0) is 148 Å². The molecule has 16 unspecified atom stereocenters. The highest BCUT2D eigenvalue weighted by atomic mass is 33.1. The average Bonchev–Trinajstić information content (AvgIpc) is 3.89. The molecule has 340 valence electrons. The number of hydrogen-bond donors (Lipinski definition) is 4. The summed E-state index contributed by atoms with van der Waals surface area (Å²) in [4.78, 5) is 19.2. The quantitative estimate of drug-likeness (QED) is 0.177. The van der Waals surface area contributed by atoms with E-state index < -0.39 is 34.7 Å². The second-order valence-electron chi connectivity index (χ2n) is 23.2. The second kappa shape index (κ2) is 16.0. The Hall–Kier alpha value is -2.14. The first kappa shape index (κ1) is 43.4. The van der Waals surface area contributed by atoms with Gasteiger partial charge in [0.25, 0.3) is 0 Å². The number of ketones is 1. The summed E-state index contributed by atoms with van der Waals surface area (Å²) in [5.41, 5.74) is 6.24. The maximum absolute atomic E-state index is 14.6. The Labute approximate surface area is 383 Å². The van der Waals surface area contributed by atoms with E-state index in [1.54, 1.807) is 22.3 Å². The van der Waals surface area contributed by atoms with Gasteiger partial charge in [0.1, 0.15) is 0 Å². The van der Waals surface area contributed by atoms with Gasteiger partial charge in [-0.25, -0.2) is 4.98 Å². The number of carbonyl (C=O) groups excluding carboxylic acids is 1. The zero-order valence-corrected chi connectivity index (χ0v) is 39.8. The summed E-state index contributed by atoms with van der Waals surface area (Å²) in [7, 11) is 3.94. The van der Waals surface area contributed by atoms with E-state index in [-0.39, 0.29) is 64.4 Å². The average molecular weight is 893 g/mol. The third-order valence-corrected chi connectivity index (χ3v) is 22.9. The second-order valence-corrected chi connectivity index (χ2v) is 25.9.